The van der Waals surface area contributed by atoms with Crippen molar-refractivity contribution in [3.63, 3.8) is 0 Å². The van der Waals surface area contributed by atoms with Gasteiger partial charge in [0.15, 0.2) is 0 Å². The smallest absolute Gasteiger partial charge is 0.262 e. The molecule has 0 unspecified atom stereocenters. The molecular formula is C22H22N2O2. The van der Waals surface area contributed by atoms with Gasteiger partial charge in [-0.3, -0.25) is 14.5 Å². The molecule has 3 aromatic rings. The van der Waals surface area contributed by atoms with E-state index in [-0.39, 0.29) is 11.8 Å². The Morgan fingerprint density at radius 2 is 1.54 bits per heavy atom. The van der Waals surface area contributed by atoms with Gasteiger partial charge in [0.2, 0.25) is 0 Å². The fraction of sp³-hybridized carbons (Fsp3) is 0.273. The second-order valence-electron chi connectivity index (χ2n) is 7.73. The second-order valence-corrected chi connectivity index (χ2v) is 7.73. The van der Waals surface area contributed by atoms with Gasteiger partial charge in [0, 0.05) is 16.6 Å². The molecule has 2 aromatic carbocycles. The van der Waals surface area contributed by atoms with E-state index in [1.807, 2.05) is 26.0 Å². The quantitative estimate of drug-likeness (QED) is 0.691. The third kappa shape index (κ3) is 2.29. The second kappa shape index (κ2) is 5.56. The van der Waals surface area contributed by atoms with Gasteiger partial charge < -0.3 is 4.98 Å². The molecule has 1 N–H and O–H groups in total. The summed E-state index contributed by atoms with van der Waals surface area (Å²) in [6.45, 7) is 8.14. The highest BCUT2D eigenvalue weighted by atomic mass is 16.2. The Bertz CT molecular complexity index is 1010. The monoisotopic (exact) mass is 346 g/mol. The maximum atomic E-state index is 12.9. The van der Waals surface area contributed by atoms with Crippen LogP contribution in [0.15, 0.2) is 48.5 Å². The summed E-state index contributed by atoms with van der Waals surface area (Å²) in [7, 11) is 0. The molecule has 2 heterocycles. The molecule has 4 nitrogen and oxygen atoms in total. The normalized spacial score (nSPS) is 14.6. The third-order valence-electron chi connectivity index (χ3n) is 5.32. The lowest BCUT2D eigenvalue weighted by molar-refractivity contribution is 0.0475. The number of imide groups is 1. The molecule has 1 aromatic heterocycles. The van der Waals surface area contributed by atoms with E-state index in [2.05, 4.69) is 31.0 Å². The first-order chi connectivity index (χ1) is 12.3. The van der Waals surface area contributed by atoms with Gasteiger partial charge in [-0.2, -0.15) is 0 Å². The van der Waals surface area contributed by atoms with Crippen LogP contribution in [0.25, 0.3) is 10.9 Å². The predicted molar refractivity (Wildman–Crippen MR) is 102 cm³/mol. The molecule has 0 radical (unpaired) electrons. The van der Waals surface area contributed by atoms with E-state index in [1.54, 1.807) is 24.3 Å². The zero-order valence-electron chi connectivity index (χ0n) is 15.5. The number of nitrogens with zero attached hydrogens (tertiary/aromatic N) is 1. The van der Waals surface area contributed by atoms with Crippen LogP contribution in [0.1, 0.15) is 65.6 Å². The molecule has 0 saturated carbocycles. The summed E-state index contributed by atoms with van der Waals surface area (Å²) in [4.78, 5) is 30.6. The van der Waals surface area contributed by atoms with E-state index in [1.165, 1.54) is 10.6 Å². The predicted octanol–water partition coefficient (Wildman–Crippen LogP) is 4.82. The van der Waals surface area contributed by atoms with Crippen LogP contribution in [0.4, 0.5) is 0 Å². The third-order valence-corrected chi connectivity index (χ3v) is 5.32. The lowest BCUT2D eigenvalue weighted by Gasteiger charge is -2.34. The number of aromatic nitrogens is 1. The van der Waals surface area contributed by atoms with Crippen LogP contribution in [-0.4, -0.2) is 21.7 Å². The Hall–Kier alpha value is -2.88. The van der Waals surface area contributed by atoms with Crippen molar-refractivity contribution in [3.05, 3.63) is 70.9 Å². The Kier molecular flexibility index (Phi) is 3.55. The highest BCUT2D eigenvalue weighted by Gasteiger charge is 2.44. The van der Waals surface area contributed by atoms with Crippen molar-refractivity contribution in [2.75, 3.05) is 0 Å². The fourth-order valence-electron chi connectivity index (χ4n) is 3.67. The Morgan fingerprint density at radius 1 is 0.923 bits per heavy atom. The van der Waals surface area contributed by atoms with E-state index in [9.17, 15) is 9.59 Å². The topological polar surface area (TPSA) is 53.2 Å². The number of fused-ring (bicyclic) bond motifs is 2. The lowest BCUT2D eigenvalue weighted by Crippen LogP contribution is -2.45. The van der Waals surface area contributed by atoms with Crippen molar-refractivity contribution < 1.29 is 9.59 Å². The minimum absolute atomic E-state index is 0.229. The number of H-pyrrole nitrogens is 1. The molecule has 2 amide bonds. The van der Waals surface area contributed by atoms with Gasteiger partial charge in [-0.15, -0.1) is 0 Å². The summed E-state index contributed by atoms with van der Waals surface area (Å²) in [5.41, 5.74) is 3.40. The molecule has 0 bridgehead atoms. The van der Waals surface area contributed by atoms with Crippen LogP contribution in [0.5, 0.6) is 0 Å². The minimum Gasteiger partial charge on any atom is -0.358 e. The molecule has 0 atom stereocenters. The number of amides is 2. The number of nitrogens with one attached hydrogen (secondary N) is 1. The van der Waals surface area contributed by atoms with Crippen molar-refractivity contribution in [3.8, 4) is 0 Å². The largest absolute Gasteiger partial charge is 0.358 e. The van der Waals surface area contributed by atoms with Crippen LogP contribution < -0.4 is 0 Å². The zero-order valence-corrected chi connectivity index (χ0v) is 15.5. The van der Waals surface area contributed by atoms with Gasteiger partial charge in [0.25, 0.3) is 11.8 Å². The molecule has 0 saturated heterocycles. The van der Waals surface area contributed by atoms with Crippen LogP contribution in [-0.2, 0) is 5.54 Å². The summed E-state index contributed by atoms with van der Waals surface area (Å²) < 4.78 is 0. The maximum absolute atomic E-state index is 12.9. The fourth-order valence-corrected chi connectivity index (χ4v) is 3.67. The molecule has 0 aliphatic carbocycles. The Morgan fingerprint density at radius 3 is 2.12 bits per heavy atom. The molecule has 4 heteroatoms. The van der Waals surface area contributed by atoms with Gasteiger partial charge in [-0.05, 0) is 55.7 Å². The van der Waals surface area contributed by atoms with Crippen molar-refractivity contribution in [1.82, 2.24) is 9.88 Å². The van der Waals surface area contributed by atoms with Crippen LogP contribution in [0.3, 0.4) is 0 Å². The van der Waals surface area contributed by atoms with Crippen molar-refractivity contribution in [1.29, 1.82) is 0 Å². The first-order valence-corrected chi connectivity index (χ1v) is 8.92. The number of hydrogen-bond acceptors (Lipinski definition) is 2. The highest BCUT2D eigenvalue weighted by Crippen LogP contribution is 2.37. The number of benzene rings is 2. The molecular weight excluding hydrogens is 324 g/mol. The average molecular weight is 346 g/mol. The Balaban J connectivity index is 1.78. The van der Waals surface area contributed by atoms with Crippen LogP contribution in [0.2, 0.25) is 0 Å². The number of rotatable bonds is 3. The van der Waals surface area contributed by atoms with Gasteiger partial charge >= 0.3 is 0 Å². The molecule has 4 rings (SSSR count). The first kappa shape index (κ1) is 16.6. The standard InChI is InChI=1S/C22H22N2O2/c1-13(2)19-12-14-11-15(9-10-18(14)23-19)22(3,4)24-20(25)16-7-5-6-8-17(16)21(24)26/h5-13,23H,1-4H3. The average Bonchev–Trinajstić information content (AvgIpc) is 3.15. The highest BCUT2D eigenvalue weighted by molar-refractivity contribution is 6.21. The van der Waals surface area contributed by atoms with E-state index in [0.717, 1.165) is 16.5 Å². The number of hydrogen-bond donors (Lipinski definition) is 1. The van der Waals surface area contributed by atoms with Crippen LogP contribution in [0, 0.1) is 0 Å². The summed E-state index contributed by atoms with van der Waals surface area (Å²) in [6.07, 6.45) is 0. The number of aromatic amines is 1. The summed E-state index contributed by atoms with van der Waals surface area (Å²) in [6, 6.07) is 15.2. The van der Waals surface area contributed by atoms with Crippen molar-refractivity contribution in [2.45, 2.75) is 39.2 Å². The molecule has 1 aliphatic rings. The molecule has 26 heavy (non-hydrogen) atoms. The van der Waals surface area contributed by atoms with E-state index < -0.39 is 5.54 Å². The molecule has 0 fully saturated rings. The van der Waals surface area contributed by atoms with Gasteiger partial charge in [0.1, 0.15) is 0 Å². The summed E-state index contributed by atoms with van der Waals surface area (Å²) >= 11 is 0. The molecule has 0 spiro atoms. The number of carbonyl (C=O) groups is 2. The SMILES string of the molecule is CC(C)c1cc2cc(C(C)(C)N3C(=O)c4ccccc4C3=O)ccc2[nH]1. The van der Waals surface area contributed by atoms with Crippen molar-refractivity contribution >= 4 is 22.7 Å². The van der Waals surface area contributed by atoms with Crippen LogP contribution >= 0.6 is 0 Å². The van der Waals surface area contributed by atoms with E-state index in [0.29, 0.717) is 17.0 Å². The van der Waals surface area contributed by atoms with E-state index in [4.69, 9.17) is 0 Å². The first-order valence-electron chi connectivity index (χ1n) is 8.92. The minimum atomic E-state index is -0.739. The summed E-state index contributed by atoms with van der Waals surface area (Å²) in [5, 5.41) is 1.09. The van der Waals surface area contributed by atoms with Gasteiger partial charge in [0.05, 0.1) is 16.7 Å². The van der Waals surface area contributed by atoms with Gasteiger partial charge in [-0.1, -0.05) is 32.0 Å². The van der Waals surface area contributed by atoms with E-state index >= 15 is 0 Å². The Labute approximate surface area is 152 Å². The molecule has 1 aliphatic heterocycles. The summed E-state index contributed by atoms with van der Waals surface area (Å²) in [5.74, 6) is -0.0460. The lowest BCUT2D eigenvalue weighted by atomic mass is 9.91. The zero-order chi connectivity index (χ0) is 18.6. The molecule has 132 valence electrons. The van der Waals surface area contributed by atoms with Crippen molar-refractivity contribution in [2.24, 2.45) is 0 Å². The van der Waals surface area contributed by atoms with Gasteiger partial charge in [-0.25, -0.2) is 0 Å². The number of carbonyl (C=O) groups excluding carboxylic acids is 2. The maximum Gasteiger partial charge on any atom is 0.262 e.